The summed E-state index contributed by atoms with van der Waals surface area (Å²) >= 11 is 1.31. The van der Waals surface area contributed by atoms with E-state index in [-0.39, 0.29) is 16.1 Å². The summed E-state index contributed by atoms with van der Waals surface area (Å²) in [6.45, 7) is 11.2. The molecule has 0 aromatic heterocycles. The van der Waals surface area contributed by atoms with Crippen LogP contribution in [0.3, 0.4) is 0 Å². The predicted octanol–water partition coefficient (Wildman–Crippen LogP) is 7.60. The Hall–Kier alpha value is -2.50. The monoisotopic (exact) mass is 461 g/mol. The molecule has 3 nitrogen and oxygen atoms in total. The predicted molar refractivity (Wildman–Crippen MR) is 138 cm³/mol. The summed E-state index contributed by atoms with van der Waals surface area (Å²) in [5.74, 6) is 0.593. The highest BCUT2D eigenvalue weighted by Gasteiger charge is 2.39. The Morgan fingerprint density at radius 1 is 0.875 bits per heavy atom. The van der Waals surface area contributed by atoms with Crippen molar-refractivity contribution in [2.75, 3.05) is 11.9 Å². The molecule has 1 aliphatic heterocycles. The van der Waals surface area contributed by atoms with Crippen LogP contribution in [0.1, 0.15) is 37.8 Å². The number of para-hydroxylation sites is 2. The number of carbonyl (C=O) groups excluding carboxylic acids is 1. The Kier molecular flexibility index (Phi) is 5.99. The van der Waals surface area contributed by atoms with Gasteiger partial charge in [-0.15, -0.1) is 0 Å². The molecule has 0 bridgehead atoms. The number of thioether (sulfide) groups is 1. The van der Waals surface area contributed by atoms with E-state index in [1.54, 1.807) is 0 Å². The van der Waals surface area contributed by atoms with E-state index >= 15 is 0 Å². The third-order valence-electron chi connectivity index (χ3n) is 6.68. The fourth-order valence-electron chi connectivity index (χ4n) is 3.82. The first-order chi connectivity index (χ1) is 15.1. The second kappa shape index (κ2) is 8.45. The van der Waals surface area contributed by atoms with Gasteiger partial charge in [0.25, 0.3) is 0 Å². The fourth-order valence-corrected chi connectivity index (χ4v) is 5.73. The first kappa shape index (κ1) is 22.7. The zero-order chi connectivity index (χ0) is 23.1. The first-order valence-corrected chi connectivity index (χ1v) is 14.7. The van der Waals surface area contributed by atoms with Gasteiger partial charge in [0.2, 0.25) is 13.4 Å². The van der Waals surface area contributed by atoms with Crippen LogP contribution < -0.4 is 9.33 Å². The van der Waals surface area contributed by atoms with Gasteiger partial charge in [0.15, 0.2) is 0 Å². The molecule has 0 N–H and O–H groups in total. The molecule has 0 saturated heterocycles. The van der Waals surface area contributed by atoms with Crippen molar-refractivity contribution in [3.8, 4) is 5.75 Å². The largest absolute Gasteiger partial charge is 0.544 e. The van der Waals surface area contributed by atoms with E-state index in [9.17, 15) is 4.79 Å². The van der Waals surface area contributed by atoms with Gasteiger partial charge in [-0.25, -0.2) is 0 Å². The second-order valence-corrected chi connectivity index (χ2v) is 15.7. The van der Waals surface area contributed by atoms with Crippen molar-refractivity contribution < 1.29 is 9.22 Å². The van der Waals surface area contributed by atoms with Gasteiger partial charge in [-0.2, -0.15) is 0 Å². The van der Waals surface area contributed by atoms with E-state index in [0.717, 1.165) is 33.1 Å². The molecule has 0 amide bonds. The van der Waals surface area contributed by atoms with Gasteiger partial charge in [-0.05, 0) is 65.7 Å². The summed E-state index contributed by atoms with van der Waals surface area (Å²) in [6.07, 6.45) is 0. The summed E-state index contributed by atoms with van der Waals surface area (Å²) in [6, 6.07) is 24.4. The van der Waals surface area contributed by atoms with Crippen LogP contribution in [0.25, 0.3) is 0 Å². The summed E-state index contributed by atoms with van der Waals surface area (Å²) in [5.41, 5.74) is 4.29. The Bertz CT molecular complexity index is 1090. The maximum absolute atomic E-state index is 13.6. The lowest BCUT2D eigenvalue weighted by Crippen LogP contribution is -2.43. The zero-order valence-corrected chi connectivity index (χ0v) is 21.5. The fraction of sp³-hybridized carbons (Fsp3) is 0.296. The van der Waals surface area contributed by atoms with Crippen LogP contribution in [0, 0.1) is 0 Å². The quantitative estimate of drug-likeness (QED) is 0.295. The van der Waals surface area contributed by atoms with E-state index in [1.807, 2.05) is 48.5 Å². The van der Waals surface area contributed by atoms with Crippen LogP contribution in [-0.4, -0.2) is 20.5 Å². The molecule has 0 atom stereocenters. The maximum atomic E-state index is 13.6. The van der Waals surface area contributed by atoms with Crippen molar-refractivity contribution in [2.45, 2.75) is 49.7 Å². The summed E-state index contributed by atoms with van der Waals surface area (Å²) < 4.78 is 6.39. The number of rotatable bonds is 4. The number of anilines is 2. The number of hydrogen-bond donors (Lipinski definition) is 0. The lowest BCUT2D eigenvalue weighted by atomic mass is 9.86. The molecule has 32 heavy (non-hydrogen) atoms. The molecule has 5 heteroatoms. The number of nitrogens with zero attached hydrogens (tertiary/aromatic N) is 1. The topological polar surface area (TPSA) is 29.5 Å². The molecule has 0 radical (unpaired) electrons. The molecule has 0 aliphatic carbocycles. The van der Waals surface area contributed by atoms with Crippen LogP contribution >= 0.6 is 11.8 Å². The summed E-state index contributed by atoms with van der Waals surface area (Å²) in [4.78, 5) is 16.7. The van der Waals surface area contributed by atoms with Gasteiger partial charge in [-0.1, -0.05) is 68.9 Å². The molecular weight excluding hydrogens is 430 g/mol. The first-order valence-electron chi connectivity index (χ1n) is 11.0. The highest BCUT2D eigenvalue weighted by molar-refractivity contribution is 8.13. The Morgan fingerprint density at radius 2 is 1.38 bits per heavy atom. The minimum atomic E-state index is -1.89. The van der Waals surface area contributed by atoms with E-state index < -0.39 is 8.32 Å². The number of carbonyl (C=O) groups is 1. The van der Waals surface area contributed by atoms with Crippen LogP contribution in [0.15, 0.2) is 77.7 Å². The van der Waals surface area contributed by atoms with E-state index in [4.69, 9.17) is 4.43 Å². The van der Waals surface area contributed by atoms with Gasteiger partial charge < -0.3 is 9.33 Å². The molecule has 0 saturated carbocycles. The minimum Gasteiger partial charge on any atom is -0.544 e. The van der Waals surface area contributed by atoms with Crippen LogP contribution in [0.4, 0.5) is 11.4 Å². The Labute approximate surface area is 196 Å². The smallest absolute Gasteiger partial charge is 0.250 e. The average molecular weight is 462 g/mol. The zero-order valence-electron chi connectivity index (χ0n) is 19.7. The number of fused-ring (bicyclic) bond motifs is 2. The van der Waals surface area contributed by atoms with Gasteiger partial charge in [-0.3, -0.25) is 4.79 Å². The molecule has 0 fully saturated rings. The third kappa shape index (κ3) is 4.24. The average Bonchev–Trinajstić information content (AvgIpc) is 2.74. The lowest BCUT2D eigenvalue weighted by Gasteiger charge is -2.36. The van der Waals surface area contributed by atoms with Gasteiger partial charge >= 0.3 is 0 Å². The van der Waals surface area contributed by atoms with Crippen molar-refractivity contribution in [2.24, 2.45) is 0 Å². The van der Waals surface area contributed by atoms with Crippen LogP contribution in [-0.2, 0) is 4.79 Å². The highest BCUT2D eigenvalue weighted by atomic mass is 32.2. The minimum absolute atomic E-state index is 0.135. The highest BCUT2D eigenvalue weighted by Crippen LogP contribution is 2.47. The third-order valence-corrected chi connectivity index (χ3v) is 12.0. The van der Waals surface area contributed by atoms with E-state index in [0.29, 0.717) is 0 Å². The maximum Gasteiger partial charge on any atom is 0.250 e. The van der Waals surface area contributed by atoms with Crippen LogP contribution in [0.2, 0.25) is 18.1 Å². The van der Waals surface area contributed by atoms with Crippen molar-refractivity contribution in [3.05, 3.63) is 83.9 Å². The summed E-state index contributed by atoms with van der Waals surface area (Å²) in [5, 5.41) is 0.279. The van der Waals surface area contributed by atoms with Crippen molar-refractivity contribution in [3.63, 3.8) is 0 Å². The Balaban J connectivity index is 1.58. The van der Waals surface area contributed by atoms with Gasteiger partial charge in [0, 0.05) is 23.3 Å². The molecule has 166 valence electrons. The molecule has 0 spiro atoms. The molecule has 3 aromatic rings. The van der Waals surface area contributed by atoms with E-state index in [2.05, 4.69) is 70.1 Å². The Morgan fingerprint density at radius 3 is 1.88 bits per heavy atom. The molecule has 4 rings (SSSR count). The molecule has 1 aliphatic rings. The lowest BCUT2D eigenvalue weighted by molar-refractivity contribution is -0.111. The second-order valence-electron chi connectivity index (χ2n) is 9.86. The SMILES string of the molecule is CN1c2ccccc2C(C(=O)Sc2ccc(O[Si](C)(C)C(C)(C)C)cc2)c2ccccc21. The number of hydrogen-bond acceptors (Lipinski definition) is 4. The molecule has 3 aromatic carbocycles. The van der Waals surface area contributed by atoms with Crippen molar-refractivity contribution in [1.82, 2.24) is 0 Å². The van der Waals surface area contributed by atoms with Crippen molar-refractivity contribution >= 4 is 36.6 Å². The van der Waals surface area contributed by atoms with Crippen LogP contribution in [0.5, 0.6) is 5.75 Å². The summed E-state index contributed by atoms with van der Waals surface area (Å²) in [7, 11) is 0.176. The molecular formula is C27H31NO2SSi. The van der Waals surface area contributed by atoms with E-state index in [1.165, 1.54) is 11.8 Å². The molecule has 1 heterocycles. The van der Waals surface area contributed by atoms with Crippen molar-refractivity contribution in [1.29, 1.82) is 0 Å². The van der Waals surface area contributed by atoms with Gasteiger partial charge in [0.05, 0.1) is 5.92 Å². The number of benzene rings is 3. The standard InChI is InChI=1S/C27H31NO2SSi/c1-27(2,3)32(5,6)30-19-15-17-20(18-16-19)31-26(29)25-21-11-7-9-13-23(21)28(4)24-14-10-8-12-22(24)25/h7-18,25H,1-6H3. The van der Waals surface area contributed by atoms with Gasteiger partial charge in [0.1, 0.15) is 5.75 Å². The normalized spacial score (nSPS) is 14.0. The molecule has 0 unspecified atom stereocenters.